The Balaban J connectivity index is 1.28. The number of fused-ring (bicyclic) bond motifs is 1. The highest BCUT2D eigenvalue weighted by Crippen LogP contribution is 2.49. The minimum atomic E-state index is -4.68. The van der Waals surface area contributed by atoms with E-state index in [2.05, 4.69) is 36.9 Å². The number of carboxylic acid groups (broad SMARTS) is 1. The van der Waals surface area contributed by atoms with Crippen LogP contribution in [0.3, 0.4) is 0 Å². The Bertz CT molecular complexity index is 2270. The van der Waals surface area contributed by atoms with Gasteiger partial charge in [0.05, 0.1) is 28.0 Å². The van der Waals surface area contributed by atoms with E-state index < -0.39 is 33.7 Å². The van der Waals surface area contributed by atoms with Crippen molar-refractivity contribution < 1.29 is 40.6 Å². The molecule has 1 saturated carbocycles. The Labute approximate surface area is 304 Å². The number of carboxylic acids is 1. The summed E-state index contributed by atoms with van der Waals surface area (Å²) in [4.78, 5) is 28.5. The molecule has 1 aliphatic carbocycles. The second-order valence-electron chi connectivity index (χ2n) is 14.0. The second-order valence-corrected chi connectivity index (χ2v) is 15.7. The number of hydrogen-bond donors (Lipinski definition) is 3. The summed E-state index contributed by atoms with van der Waals surface area (Å²) in [6, 6.07) is 11.9. The van der Waals surface area contributed by atoms with E-state index in [1.165, 1.54) is 24.4 Å². The van der Waals surface area contributed by atoms with Gasteiger partial charge in [-0.1, -0.05) is 45.0 Å². The number of halogens is 3. The molecule has 12 nitrogen and oxygen atoms in total. The van der Waals surface area contributed by atoms with Gasteiger partial charge in [0.1, 0.15) is 23.4 Å². The van der Waals surface area contributed by atoms with Gasteiger partial charge in [-0.25, -0.2) is 32.9 Å². The normalized spacial score (nSPS) is 14.7. The van der Waals surface area contributed by atoms with Crippen LogP contribution in [-0.2, 0) is 22.7 Å². The quantitative estimate of drug-likeness (QED) is 0.102. The lowest BCUT2D eigenvalue weighted by Gasteiger charge is -2.22. The monoisotopic (exact) mass is 752 g/mol. The van der Waals surface area contributed by atoms with Gasteiger partial charge in [0.2, 0.25) is 17.5 Å². The predicted octanol–water partition coefficient (Wildman–Crippen LogP) is 7.67. The molecule has 2 aromatic carbocycles. The smallest absolute Gasteiger partial charge is 0.421 e. The van der Waals surface area contributed by atoms with Crippen molar-refractivity contribution in [3.05, 3.63) is 88.4 Å². The summed E-state index contributed by atoms with van der Waals surface area (Å²) < 4.78 is 83.1. The molecule has 16 heteroatoms. The van der Waals surface area contributed by atoms with E-state index >= 15 is 0 Å². The zero-order valence-electron chi connectivity index (χ0n) is 29.7. The SMILES string of the molecule is Cc1cccc(C)c1-c1cc(OCC(CC2(C)CC2)NCc2cnc3oc(C(C)C)c(C(F)(F)F)c3n2)nc(NS(=O)(=O)c2cccc(C(=O)O)c2)n1. The van der Waals surface area contributed by atoms with E-state index in [9.17, 15) is 31.5 Å². The Morgan fingerprint density at radius 1 is 1.06 bits per heavy atom. The molecule has 3 aromatic heterocycles. The first-order chi connectivity index (χ1) is 24.9. The Hall–Kier alpha value is -5.09. The highest BCUT2D eigenvalue weighted by molar-refractivity contribution is 7.92. The Kier molecular flexibility index (Phi) is 10.2. The number of alkyl halides is 3. The molecule has 1 fully saturated rings. The van der Waals surface area contributed by atoms with Gasteiger partial charge in [0.25, 0.3) is 10.0 Å². The highest BCUT2D eigenvalue weighted by Gasteiger charge is 2.41. The molecule has 53 heavy (non-hydrogen) atoms. The number of rotatable bonds is 14. The zero-order chi connectivity index (χ0) is 38.3. The van der Waals surface area contributed by atoms with Crippen LogP contribution in [0.4, 0.5) is 19.1 Å². The van der Waals surface area contributed by atoms with Gasteiger partial charge in [-0.2, -0.15) is 18.2 Å². The van der Waals surface area contributed by atoms with Crippen LogP contribution in [0.2, 0.25) is 0 Å². The number of aromatic nitrogens is 4. The average Bonchev–Trinajstić information content (AvgIpc) is 3.67. The van der Waals surface area contributed by atoms with Crippen molar-refractivity contribution in [1.82, 2.24) is 25.3 Å². The fourth-order valence-electron chi connectivity index (χ4n) is 6.19. The number of aryl methyl sites for hydroxylation is 2. The topological polar surface area (TPSA) is 169 Å². The summed E-state index contributed by atoms with van der Waals surface area (Å²) in [5, 5.41) is 12.8. The molecule has 0 radical (unpaired) electrons. The third-order valence-corrected chi connectivity index (χ3v) is 10.5. The molecule has 1 atom stereocenters. The van der Waals surface area contributed by atoms with Gasteiger partial charge in [0.15, 0.2) is 0 Å². The van der Waals surface area contributed by atoms with Crippen LogP contribution < -0.4 is 14.8 Å². The minimum Gasteiger partial charge on any atom is -0.478 e. The summed E-state index contributed by atoms with van der Waals surface area (Å²) in [6.45, 7) is 9.31. The first-order valence-electron chi connectivity index (χ1n) is 17.0. The molecule has 5 aromatic rings. The van der Waals surface area contributed by atoms with Gasteiger partial charge in [0, 0.05) is 30.1 Å². The van der Waals surface area contributed by atoms with Gasteiger partial charge >= 0.3 is 12.1 Å². The zero-order valence-corrected chi connectivity index (χ0v) is 30.5. The number of ether oxygens (including phenoxy) is 1. The highest BCUT2D eigenvalue weighted by atomic mass is 32.2. The summed E-state index contributed by atoms with van der Waals surface area (Å²) in [7, 11) is -4.32. The molecule has 0 saturated heterocycles. The fraction of sp³-hybridized carbons (Fsp3) is 0.378. The average molecular weight is 753 g/mol. The maximum absolute atomic E-state index is 14.1. The molecule has 3 heterocycles. The lowest BCUT2D eigenvalue weighted by Crippen LogP contribution is -2.36. The first kappa shape index (κ1) is 37.7. The summed E-state index contributed by atoms with van der Waals surface area (Å²) in [5.74, 6) is -2.25. The number of nitrogens with one attached hydrogen (secondary N) is 2. The van der Waals surface area contributed by atoms with E-state index in [-0.39, 0.29) is 69.6 Å². The molecule has 0 aliphatic heterocycles. The summed E-state index contributed by atoms with van der Waals surface area (Å²) in [6.07, 6.45) is -0.624. The summed E-state index contributed by atoms with van der Waals surface area (Å²) in [5.41, 5.74) is 1.57. The third-order valence-electron chi connectivity index (χ3n) is 9.19. The minimum absolute atomic E-state index is 0.0389. The van der Waals surface area contributed by atoms with E-state index in [0.29, 0.717) is 12.1 Å². The molecular formula is C37H39F3N6O6S. The molecule has 280 valence electrons. The van der Waals surface area contributed by atoms with Crippen LogP contribution in [0.5, 0.6) is 5.88 Å². The fourth-order valence-corrected chi connectivity index (χ4v) is 7.18. The molecule has 0 bridgehead atoms. The number of aromatic carboxylic acids is 1. The van der Waals surface area contributed by atoms with Crippen LogP contribution in [0, 0.1) is 19.3 Å². The molecule has 1 aliphatic rings. The van der Waals surface area contributed by atoms with Crippen LogP contribution in [-0.4, -0.2) is 52.1 Å². The van der Waals surface area contributed by atoms with Crippen LogP contribution in [0.1, 0.15) is 84.5 Å². The van der Waals surface area contributed by atoms with Crippen molar-refractivity contribution in [2.45, 2.75) is 83.5 Å². The Morgan fingerprint density at radius 2 is 1.75 bits per heavy atom. The number of anilines is 1. The van der Waals surface area contributed by atoms with Gasteiger partial charge < -0.3 is 19.6 Å². The molecule has 0 spiro atoms. The van der Waals surface area contributed by atoms with E-state index in [4.69, 9.17) is 9.15 Å². The predicted molar refractivity (Wildman–Crippen MR) is 190 cm³/mol. The first-order valence-corrected chi connectivity index (χ1v) is 18.4. The van der Waals surface area contributed by atoms with Crippen molar-refractivity contribution >= 4 is 33.2 Å². The number of benzene rings is 2. The van der Waals surface area contributed by atoms with Gasteiger partial charge in [-0.15, -0.1) is 0 Å². The van der Waals surface area contributed by atoms with Crippen molar-refractivity contribution in [2.24, 2.45) is 5.41 Å². The second kappa shape index (κ2) is 14.4. The standard InChI is InChI=1S/C37H39F3N6O6S/c1-20(2)32-30(37(38,39)40)31-33(52-32)42-18-25(43-31)17-41-24(16-36(5)12-13-36)19-51-28-15-27(29-21(3)8-6-9-22(29)4)44-35(45-28)46-53(49,50)26-11-7-10-23(14-26)34(47)48/h6-11,14-15,18,20,24,41H,12-13,16-17,19H2,1-5H3,(H,47,48)(H,44,45,46). The van der Waals surface area contributed by atoms with Crippen molar-refractivity contribution in [2.75, 3.05) is 11.3 Å². The van der Waals surface area contributed by atoms with Gasteiger partial charge in [-0.3, -0.25) is 0 Å². The number of furan rings is 1. The van der Waals surface area contributed by atoms with E-state index in [1.54, 1.807) is 19.9 Å². The molecule has 1 unspecified atom stereocenters. The molecular weight excluding hydrogens is 714 g/mol. The van der Waals surface area contributed by atoms with Crippen molar-refractivity contribution in [1.29, 1.82) is 0 Å². The maximum atomic E-state index is 14.1. The number of sulfonamides is 1. The number of nitrogens with zero attached hydrogens (tertiary/aromatic N) is 4. The Morgan fingerprint density at radius 3 is 2.40 bits per heavy atom. The largest absolute Gasteiger partial charge is 0.478 e. The molecule has 6 rings (SSSR count). The van der Waals surface area contributed by atoms with Crippen molar-refractivity contribution in [3.8, 4) is 17.1 Å². The summed E-state index contributed by atoms with van der Waals surface area (Å²) >= 11 is 0. The van der Waals surface area contributed by atoms with Crippen LogP contribution in [0.25, 0.3) is 22.5 Å². The maximum Gasteiger partial charge on any atom is 0.421 e. The lowest BCUT2D eigenvalue weighted by molar-refractivity contribution is -0.137. The molecule has 3 N–H and O–H groups in total. The lowest BCUT2D eigenvalue weighted by atomic mass is 9.99. The molecule has 0 amide bonds. The van der Waals surface area contributed by atoms with E-state index in [0.717, 1.165) is 35.6 Å². The van der Waals surface area contributed by atoms with Gasteiger partial charge in [-0.05, 0) is 67.9 Å². The number of hydrogen-bond acceptors (Lipinski definition) is 10. The number of carbonyl (C=O) groups is 1. The third kappa shape index (κ3) is 8.60. The van der Waals surface area contributed by atoms with Crippen molar-refractivity contribution in [3.63, 3.8) is 0 Å². The van der Waals surface area contributed by atoms with Crippen LogP contribution in [0.15, 0.2) is 64.0 Å². The van der Waals surface area contributed by atoms with Crippen LogP contribution >= 0.6 is 0 Å². The van der Waals surface area contributed by atoms with E-state index in [1.807, 2.05) is 32.0 Å².